The summed E-state index contributed by atoms with van der Waals surface area (Å²) in [6.45, 7) is 0.168. The van der Waals surface area contributed by atoms with Crippen LogP contribution in [0.2, 0.25) is 5.02 Å². The van der Waals surface area contributed by atoms with Crippen LogP contribution in [0.25, 0.3) is 0 Å². The van der Waals surface area contributed by atoms with Crippen LogP contribution in [0.5, 0.6) is 0 Å². The summed E-state index contributed by atoms with van der Waals surface area (Å²) >= 11 is 5.85. The third kappa shape index (κ3) is 5.71. The molecule has 7 nitrogen and oxygen atoms in total. The summed E-state index contributed by atoms with van der Waals surface area (Å²) in [5.74, 6) is -1.07. The number of nitrogens with one attached hydrogen (secondary N) is 2. The number of ether oxygens (including phenoxy) is 1. The number of carbonyl (C=O) groups is 3. The zero-order chi connectivity index (χ0) is 21.5. The Morgan fingerprint density at radius 3 is 2.47 bits per heavy atom. The number of hydrogen-bond acceptors (Lipinski definition) is 5. The van der Waals surface area contributed by atoms with Crippen molar-refractivity contribution in [1.29, 1.82) is 0 Å². The van der Waals surface area contributed by atoms with E-state index in [4.69, 9.17) is 20.8 Å². The van der Waals surface area contributed by atoms with Gasteiger partial charge in [0, 0.05) is 17.3 Å². The van der Waals surface area contributed by atoms with Crippen molar-refractivity contribution >= 4 is 35.1 Å². The smallest absolute Gasteiger partial charge is 0.337 e. The van der Waals surface area contributed by atoms with Crippen LogP contribution >= 0.6 is 11.6 Å². The molecule has 0 atom stereocenters. The minimum Gasteiger partial charge on any atom is -0.465 e. The molecule has 1 aromatic heterocycles. The van der Waals surface area contributed by atoms with E-state index >= 15 is 0 Å². The largest absolute Gasteiger partial charge is 0.465 e. The van der Waals surface area contributed by atoms with E-state index in [1.54, 1.807) is 42.5 Å². The van der Waals surface area contributed by atoms with Gasteiger partial charge in [-0.1, -0.05) is 23.7 Å². The van der Waals surface area contributed by atoms with Crippen molar-refractivity contribution in [2.24, 2.45) is 0 Å². The molecule has 30 heavy (non-hydrogen) atoms. The third-order valence-electron chi connectivity index (χ3n) is 4.18. The summed E-state index contributed by atoms with van der Waals surface area (Å²) < 4.78 is 9.84. The highest BCUT2D eigenvalue weighted by Crippen LogP contribution is 2.18. The first-order valence-electron chi connectivity index (χ1n) is 9.03. The number of carbonyl (C=O) groups excluding carboxylic acids is 3. The fourth-order valence-corrected chi connectivity index (χ4v) is 2.88. The lowest BCUT2D eigenvalue weighted by atomic mass is 10.1. The molecule has 0 fully saturated rings. The van der Waals surface area contributed by atoms with E-state index in [1.807, 2.05) is 0 Å². The summed E-state index contributed by atoms with van der Waals surface area (Å²) in [5, 5.41) is 6.07. The standard InChI is InChI=1S/C22H19ClN2O5/c1-29-22(28)16-9-15(10-18(12-16)25-21(27)19-3-2-8-30-19)13-24-20(26)11-14-4-6-17(23)7-5-14/h2-10,12H,11,13H2,1H3,(H,24,26)(H,25,27). The molecule has 2 N–H and O–H groups in total. The number of rotatable bonds is 7. The van der Waals surface area contributed by atoms with Gasteiger partial charge in [-0.15, -0.1) is 0 Å². The molecule has 0 bridgehead atoms. The van der Waals surface area contributed by atoms with Gasteiger partial charge in [0.15, 0.2) is 5.76 Å². The Labute approximate surface area is 178 Å². The topological polar surface area (TPSA) is 97.6 Å². The van der Waals surface area contributed by atoms with Gasteiger partial charge in [0.25, 0.3) is 5.91 Å². The summed E-state index contributed by atoms with van der Waals surface area (Å²) in [7, 11) is 1.27. The molecule has 8 heteroatoms. The molecule has 1 heterocycles. The van der Waals surface area contributed by atoms with Crippen LogP contribution in [0.3, 0.4) is 0 Å². The Kier molecular flexibility index (Phi) is 6.87. The van der Waals surface area contributed by atoms with Gasteiger partial charge in [-0.05, 0) is 53.6 Å². The Hall–Kier alpha value is -3.58. The number of hydrogen-bond donors (Lipinski definition) is 2. The molecule has 3 rings (SSSR count). The maximum atomic E-state index is 12.2. The van der Waals surface area contributed by atoms with Crippen LogP contribution in [0.1, 0.15) is 32.0 Å². The van der Waals surface area contributed by atoms with Crippen molar-refractivity contribution in [1.82, 2.24) is 5.32 Å². The maximum Gasteiger partial charge on any atom is 0.337 e. The first kappa shape index (κ1) is 21.1. The Bertz CT molecular complexity index is 1050. The van der Waals surface area contributed by atoms with Crippen molar-refractivity contribution in [3.8, 4) is 0 Å². The lowest BCUT2D eigenvalue weighted by Gasteiger charge is -2.11. The number of esters is 1. The van der Waals surface area contributed by atoms with Crippen LogP contribution in [-0.2, 0) is 22.5 Å². The van der Waals surface area contributed by atoms with Crippen LogP contribution in [-0.4, -0.2) is 24.9 Å². The zero-order valence-electron chi connectivity index (χ0n) is 16.1. The summed E-state index contributed by atoms with van der Waals surface area (Å²) in [6.07, 6.45) is 1.58. The van der Waals surface area contributed by atoms with E-state index in [0.717, 1.165) is 5.56 Å². The van der Waals surface area contributed by atoms with Crippen molar-refractivity contribution in [2.45, 2.75) is 13.0 Å². The van der Waals surface area contributed by atoms with E-state index in [9.17, 15) is 14.4 Å². The van der Waals surface area contributed by atoms with Crippen LogP contribution in [0.4, 0.5) is 5.69 Å². The minimum absolute atomic E-state index is 0.135. The first-order chi connectivity index (χ1) is 14.4. The SMILES string of the molecule is COC(=O)c1cc(CNC(=O)Cc2ccc(Cl)cc2)cc(NC(=O)c2ccco2)c1. The van der Waals surface area contributed by atoms with Crippen molar-refractivity contribution < 1.29 is 23.5 Å². The number of amides is 2. The average molecular weight is 427 g/mol. The van der Waals surface area contributed by atoms with E-state index in [0.29, 0.717) is 16.3 Å². The molecule has 0 saturated heterocycles. The lowest BCUT2D eigenvalue weighted by molar-refractivity contribution is -0.120. The number of methoxy groups -OCH3 is 1. The molecule has 0 spiro atoms. The van der Waals surface area contributed by atoms with Gasteiger partial charge < -0.3 is 19.8 Å². The fourth-order valence-electron chi connectivity index (χ4n) is 2.75. The minimum atomic E-state index is -0.558. The second kappa shape index (κ2) is 9.76. The molecule has 0 unspecified atom stereocenters. The molecule has 0 aliphatic heterocycles. The predicted molar refractivity (Wildman–Crippen MR) is 111 cm³/mol. The average Bonchev–Trinajstić information content (AvgIpc) is 3.28. The van der Waals surface area contributed by atoms with Crippen molar-refractivity contribution in [2.75, 3.05) is 12.4 Å². The second-order valence-electron chi connectivity index (χ2n) is 6.42. The van der Waals surface area contributed by atoms with Gasteiger partial charge in [-0.2, -0.15) is 0 Å². The van der Waals surface area contributed by atoms with Gasteiger partial charge in [0.2, 0.25) is 5.91 Å². The molecule has 3 aromatic rings. The van der Waals surface area contributed by atoms with Crippen molar-refractivity contribution in [3.63, 3.8) is 0 Å². The highest BCUT2D eigenvalue weighted by Gasteiger charge is 2.14. The summed E-state index contributed by atoms with van der Waals surface area (Å²) in [4.78, 5) is 36.5. The van der Waals surface area contributed by atoms with Crippen LogP contribution in [0, 0.1) is 0 Å². The zero-order valence-corrected chi connectivity index (χ0v) is 16.9. The highest BCUT2D eigenvalue weighted by molar-refractivity contribution is 6.30. The molecule has 0 aliphatic rings. The molecule has 0 aliphatic carbocycles. The second-order valence-corrected chi connectivity index (χ2v) is 6.86. The van der Waals surface area contributed by atoms with Gasteiger partial charge in [-0.25, -0.2) is 4.79 Å². The molecule has 2 aromatic carbocycles. The highest BCUT2D eigenvalue weighted by atomic mass is 35.5. The number of benzene rings is 2. The van der Waals surface area contributed by atoms with E-state index in [1.165, 1.54) is 25.5 Å². The Morgan fingerprint density at radius 2 is 1.80 bits per heavy atom. The molecular formula is C22H19ClN2O5. The van der Waals surface area contributed by atoms with Crippen molar-refractivity contribution in [3.05, 3.63) is 88.3 Å². The number of furan rings is 1. The molecule has 0 radical (unpaired) electrons. The number of anilines is 1. The predicted octanol–water partition coefficient (Wildman–Crippen LogP) is 3.83. The summed E-state index contributed by atoms with van der Waals surface area (Å²) in [5.41, 5.74) is 2.07. The van der Waals surface area contributed by atoms with Gasteiger partial charge in [0.1, 0.15) is 0 Å². The van der Waals surface area contributed by atoms with E-state index < -0.39 is 11.9 Å². The molecule has 154 valence electrons. The number of halogens is 1. The summed E-state index contributed by atoms with van der Waals surface area (Å²) in [6, 6.07) is 14.9. The van der Waals surface area contributed by atoms with Crippen LogP contribution < -0.4 is 10.6 Å². The van der Waals surface area contributed by atoms with Gasteiger partial charge in [-0.3, -0.25) is 9.59 Å². The van der Waals surface area contributed by atoms with E-state index in [2.05, 4.69) is 10.6 Å². The molecule has 2 amide bonds. The van der Waals surface area contributed by atoms with Gasteiger partial charge in [0.05, 0.1) is 25.4 Å². The molecular weight excluding hydrogens is 408 g/mol. The lowest BCUT2D eigenvalue weighted by Crippen LogP contribution is -2.24. The van der Waals surface area contributed by atoms with Crippen LogP contribution in [0.15, 0.2) is 65.3 Å². The molecule has 0 saturated carbocycles. The normalized spacial score (nSPS) is 10.3. The Morgan fingerprint density at radius 1 is 1.03 bits per heavy atom. The maximum absolute atomic E-state index is 12.2. The Balaban J connectivity index is 1.70. The van der Waals surface area contributed by atoms with Gasteiger partial charge >= 0.3 is 5.97 Å². The van der Waals surface area contributed by atoms with E-state index in [-0.39, 0.29) is 30.2 Å². The third-order valence-corrected chi connectivity index (χ3v) is 4.44. The quantitative estimate of drug-likeness (QED) is 0.559. The fraction of sp³-hybridized carbons (Fsp3) is 0.136. The monoisotopic (exact) mass is 426 g/mol. The first-order valence-corrected chi connectivity index (χ1v) is 9.40.